The number of aromatic hydroxyl groups is 1. The molecule has 8 heteroatoms. The Balaban J connectivity index is 0.00000218. The quantitative estimate of drug-likeness (QED) is 0.522. The second-order valence-corrected chi connectivity index (χ2v) is 7.66. The van der Waals surface area contributed by atoms with Crippen LogP contribution in [0.4, 0.5) is 5.69 Å². The molecule has 0 bridgehead atoms. The normalized spacial score (nSPS) is 16.3. The summed E-state index contributed by atoms with van der Waals surface area (Å²) in [6.07, 6.45) is 4.98. The zero-order valence-electron chi connectivity index (χ0n) is 17.0. The van der Waals surface area contributed by atoms with E-state index in [-0.39, 0.29) is 18.2 Å². The van der Waals surface area contributed by atoms with Crippen molar-refractivity contribution in [3.05, 3.63) is 42.7 Å². The van der Waals surface area contributed by atoms with Crippen LogP contribution in [0.25, 0.3) is 33.2 Å². The van der Waals surface area contributed by atoms with Gasteiger partial charge in [-0.25, -0.2) is 9.97 Å². The summed E-state index contributed by atoms with van der Waals surface area (Å²) in [6, 6.07) is 10.3. The molecule has 0 amide bonds. The first-order valence-corrected chi connectivity index (χ1v) is 10.0. The number of rotatable bonds is 4. The van der Waals surface area contributed by atoms with Crippen molar-refractivity contribution in [2.24, 2.45) is 7.05 Å². The van der Waals surface area contributed by atoms with E-state index in [1.54, 1.807) is 10.7 Å². The van der Waals surface area contributed by atoms with Crippen molar-refractivity contribution in [1.29, 1.82) is 0 Å². The highest BCUT2D eigenvalue weighted by atomic mass is 35.5. The van der Waals surface area contributed by atoms with Crippen molar-refractivity contribution in [2.75, 3.05) is 24.5 Å². The maximum atomic E-state index is 10.5. The molecular formula is C22H25ClN6O. The smallest absolute Gasteiger partial charge is 0.159 e. The third-order valence-corrected chi connectivity index (χ3v) is 5.59. The van der Waals surface area contributed by atoms with E-state index in [1.165, 1.54) is 0 Å². The van der Waals surface area contributed by atoms with Gasteiger partial charge in [-0.05, 0) is 37.2 Å². The minimum Gasteiger partial charge on any atom is -0.507 e. The van der Waals surface area contributed by atoms with Gasteiger partial charge in [-0.3, -0.25) is 4.68 Å². The third-order valence-electron chi connectivity index (χ3n) is 5.59. The summed E-state index contributed by atoms with van der Waals surface area (Å²) in [4.78, 5) is 11.7. The predicted octanol–water partition coefficient (Wildman–Crippen LogP) is 3.50. The van der Waals surface area contributed by atoms with Crippen LogP contribution in [0.3, 0.4) is 0 Å². The summed E-state index contributed by atoms with van der Waals surface area (Å²) in [5, 5.41) is 20.3. The first kappa shape index (κ1) is 20.4. The number of fused-ring (bicyclic) bond motifs is 2. The number of aromatic nitrogens is 4. The van der Waals surface area contributed by atoms with Gasteiger partial charge >= 0.3 is 0 Å². The average Bonchev–Trinajstić information content (AvgIpc) is 3.32. The molecule has 1 aromatic carbocycles. The SMILES string of the molecule is CCN[C@@H]1CCN(c2cnc3nc(-c4cc5cn(C)nc5cc4O)ccc3c2)C1.Cl. The van der Waals surface area contributed by atoms with E-state index < -0.39 is 0 Å². The van der Waals surface area contributed by atoms with E-state index in [9.17, 15) is 5.11 Å². The summed E-state index contributed by atoms with van der Waals surface area (Å²) in [7, 11) is 1.87. The molecule has 30 heavy (non-hydrogen) atoms. The highest BCUT2D eigenvalue weighted by molar-refractivity contribution is 5.89. The fraction of sp³-hybridized carbons (Fsp3) is 0.318. The predicted molar refractivity (Wildman–Crippen MR) is 122 cm³/mol. The van der Waals surface area contributed by atoms with Crippen LogP contribution >= 0.6 is 12.4 Å². The zero-order chi connectivity index (χ0) is 20.0. The van der Waals surface area contributed by atoms with Gasteiger partial charge in [0.15, 0.2) is 5.65 Å². The number of anilines is 1. The molecule has 1 aliphatic rings. The number of hydrogen-bond donors (Lipinski definition) is 2. The molecule has 0 saturated carbocycles. The van der Waals surface area contributed by atoms with Crippen molar-refractivity contribution in [2.45, 2.75) is 19.4 Å². The highest BCUT2D eigenvalue weighted by Crippen LogP contribution is 2.33. The van der Waals surface area contributed by atoms with Crippen molar-refractivity contribution < 1.29 is 5.11 Å². The Kier molecular flexibility index (Phi) is 5.49. The van der Waals surface area contributed by atoms with E-state index in [4.69, 9.17) is 4.98 Å². The molecule has 0 spiro atoms. The van der Waals surface area contributed by atoms with Gasteiger partial charge in [-0.15, -0.1) is 12.4 Å². The van der Waals surface area contributed by atoms with Gasteiger partial charge < -0.3 is 15.3 Å². The summed E-state index contributed by atoms with van der Waals surface area (Å²) >= 11 is 0. The third kappa shape index (κ3) is 3.66. The summed E-state index contributed by atoms with van der Waals surface area (Å²) in [5.41, 5.74) is 3.96. The second-order valence-electron chi connectivity index (χ2n) is 7.66. The molecule has 3 aromatic heterocycles. The monoisotopic (exact) mass is 424 g/mol. The van der Waals surface area contributed by atoms with E-state index in [2.05, 4.69) is 33.3 Å². The molecule has 0 radical (unpaired) electrons. The Labute approximate surface area is 181 Å². The number of hydrogen-bond acceptors (Lipinski definition) is 6. The molecule has 4 aromatic rings. The molecule has 1 atom stereocenters. The number of phenols is 1. The maximum Gasteiger partial charge on any atom is 0.159 e. The summed E-state index contributed by atoms with van der Waals surface area (Å²) < 4.78 is 1.74. The Hall–Kier alpha value is -2.90. The molecule has 2 N–H and O–H groups in total. The molecule has 0 aliphatic carbocycles. The molecule has 1 fully saturated rings. The van der Waals surface area contributed by atoms with Gasteiger partial charge in [0, 0.05) is 54.8 Å². The average molecular weight is 425 g/mol. The molecular weight excluding hydrogens is 400 g/mol. The van der Waals surface area contributed by atoms with Crippen LogP contribution in [-0.4, -0.2) is 50.5 Å². The number of halogens is 1. The molecule has 7 nitrogen and oxygen atoms in total. The van der Waals surface area contributed by atoms with E-state index in [0.717, 1.165) is 48.0 Å². The minimum absolute atomic E-state index is 0. The molecule has 156 valence electrons. The second kappa shape index (κ2) is 8.08. The minimum atomic E-state index is 0. The van der Waals surface area contributed by atoms with E-state index in [1.807, 2.05) is 37.6 Å². The number of phenolic OH excluding ortho intramolecular Hbond substituents is 1. The van der Waals surface area contributed by atoms with Crippen molar-refractivity contribution >= 4 is 40.0 Å². The number of aryl methyl sites for hydroxylation is 1. The summed E-state index contributed by atoms with van der Waals surface area (Å²) in [5.74, 6) is 0.172. The lowest BCUT2D eigenvalue weighted by atomic mass is 10.1. The topological polar surface area (TPSA) is 79.1 Å². The largest absolute Gasteiger partial charge is 0.507 e. The lowest BCUT2D eigenvalue weighted by Crippen LogP contribution is -2.32. The molecule has 0 unspecified atom stereocenters. The van der Waals surface area contributed by atoms with Crippen LogP contribution in [0.2, 0.25) is 0 Å². The van der Waals surface area contributed by atoms with Gasteiger partial charge in [0.2, 0.25) is 0 Å². The van der Waals surface area contributed by atoms with Crippen LogP contribution in [0.15, 0.2) is 42.7 Å². The molecule has 1 aliphatic heterocycles. The van der Waals surface area contributed by atoms with Crippen LogP contribution in [0.1, 0.15) is 13.3 Å². The Morgan fingerprint density at radius 3 is 2.90 bits per heavy atom. The molecule has 4 heterocycles. The van der Waals surface area contributed by atoms with Crippen LogP contribution in [-0.2, 0) is 7.05 Å². The number of likely N-dealkylation sites (N-methyl/N-ethyl adjacent to an activating group) is 1. The first-order valence-electron chi connectivity index (χ1n) is 10.0. The van der Waals surface area contributed by atoms with Crippen molar-refractivity contribution in [1.82, 2.24) is 25.1 Å². The standard InChI is InChI=1S/C22H24N6O.ClH/c1-3-23-16-6-7-28(13-16)17-8-14-4-5-19(25-22(14)24-11-17)18-9-15-12-27(2)26-20(15)10-21(18)29;/h4-5,8-12,16,23,29H,3,6-7,13H2,1-2H3;1H/t16-;/m1./s1. The van der Waals surface area contributed by atoms with Gasteiger partial charge in [0.1, 0.15) is 5.75 Å². The Morgan fingerprint density at radius 2 is 2.07 bits per heavy atom. The number of benzene rings is 1. The number of nitrogens with zero attached hydrogens (tertiary/aromatic N) is 5. The lowest BCUT2D eigenvalue weighted by Gasteiger charge is -2.19. The molecule has 1 saturated heterocycles. The van der Waals surface area contributed by atoms with E-state index >= 15 is 0 Å². The lowest BCUT2D eigenvalue weighted by molar-refractivity contribution is 0.478. The van der Waals surface area contributed by atoms with E-state index in [0.29, 0.717) is 22.9 Å². The van der Waals surface area contributed by atoms with Crippen molar-refractivity contribution in [3.63, 3.8) is 0 Å². The molecule has 5 rings (SSSR count). The van der Waals surface area contributed by atoms with Gasteiger partial charge in [-0.1, -0.05) is 6.92 Å². The van der Waals surface area contributed by atoms with Crippen LogP contribution < -0.4 is 10.2 Å². The Morgan fingerprint density at radius 1 is 1.20 bits per heavy atom. The fourth-order valence-corrected chi connectivity index (χ4v) is 4.16. The first-order chi connectivity index (χ1) is 14.1. The van der Waals surface area contributed by atoms with Gasteiger partial charge in [0.05, 0.1) is 23.1 Å². The number of pyridine rings is 2. The van der Waals surface area contributed by atoms with Gasteiger partial charge in [0.25, 0.3) is 0 Å². The Bertz CT molecular complexity index is 1210. The van der Waals surface area contributed by atoms with Crippen molar-refractivity contribution in [3.8, 4) is 17.0 Å². The fourth-order valence-electron chi connectivity index (χ4n) is 4.16. The van der Waals surface area contributed by atoms with Gasteiger partial charge in [-0.2, -0.15) is 5.10 Å². The summed E-state index contributed by atoms with van der Waals surface area (Å²) in [6.45, 7) is 5.19. The highest BCUT2D eigenvalue weighted by Gasteiger charge is 2.22. The van der Waals surface area contributed by atoms with Crippen LogP contribution in [0, 0.1) is 0 Å². The number of nitrogens with one attached hydrogen (secondary N) is 1. The maximum absolute atomic E-state index is 10.5. The zero-order valence-corrected chi connectivity index (χ0v) is 17.9. The van der Waals surface area contributed by atoms with Crippen LogP contribution in [0.5, 0.6) is 5.75 Å².